The van der Waals surface area contributed by atoms with Gasteiger partial charge in [0.05, 0.1) is 15.7 Å². The van der Waals surface area contributed by atoms with Gasteiger partial charge in [0.25, 0.3) is 5.91 Å². The van der Waals surface area contributed by atoms with Gasteiger partial charge in [0.15, 0.2) is 0 Å². The molecule has 0 radical (unpaired) electrons. The Balaban J connectivity index is 2.32. The smallest absolute Gasteiger partial charge is 0.258 e. The van der Waals surface area contributed by atoms with Gasteiger partial charge in [-0.15, -0.1) is 0 Å². The largest absolute Gasteiger partial charge is 0.399 e. The van der Waals surface area contributed by atoms with Crippen molar-refractivity contribution < 1.29 is 18.0 Å². The molecule has 20 heavy (non-hydrogen) atoms. The topological polar surface area (TPSA) is 55.1 Å². The molecule has 0 heterocycles. The van der Waals surface area contributed by atoms with Crippen LogP contribution in [0.5, 0.6) is 0 Å². The van der Waals surface area contributed by atoms with Crippen LogP contribution in [0.4, 0.5) is 24.5 Å². The number of carbonyl (C=O) groups excluding carboxylic acids is 1. The molecule has 2 aromatic rings. The van der Waals surface area contributed by atoms with Gasteiger partial charge in [-0.05, 0) is 40.2 Å². The number of benzene rings is 2. The van der Waals surface area contributed by atoms with Crippen molar-refractivity contribution in [3.8, 4) is 0 Å². The fraction of sp³-hybridized carbons (Fsp3) is 0. The number of amides is 1. The third-order valence-corrected chi connectivity index (χ3v) is 3.10. The summed E-state index contributed by atoms with van der Waals surface area (Å²) in [5, 5.41) is 2.16. The second-order valence-electron chi connectivity index (χ2n) is 3.94. The molecule has 0 saturated heterocycles. The van der Waals surface area contributed by atoms with Gasteiger partial charge in [0, 0.05) is 11.8 Å². The summed E-state index contributed by atoms with van der Waals surface area (Å²) in [6, 6.07) is 5.10. The second-order valence-corrected chi connectivity index (χ2v) is 4.79. The minimum Gasteiger partial charge on any atom is -0.399 e. The lowest BCUT2D eigenvalue weighted by molar-refractivity contribution is 0.102. The fourth-order valence-corrected chi connectivity index (χ4v) is 1.87. The Morgan fingerprint density at radius 1 is 1.05 bits per heavy atom. The first kappa shape index (κ1) is 14.4. The molecule has 0 aliphatic heterocycles. The molecule has 1 amide bonds. The number of hydrogen-bond acceptors (Lipinski definition) is 2. The van der Waals surface area contributed by atoms with Crippen molar-refractivity contribution in [3.63, 3.8) is 0 Å². The first-order chi connectivity index (χ1) is 9.38. The maximum Gasteiger partial charge on any atom is 0.258 e. The average Bonchev–Trinajstić information content (AvgIpc) is 2.38. The van der Waals surface area contributed by atoms with Crippen LogP contribution in [0.25, 0.3) is 0 Å². The number of nitrogens with one attached hydrogen (secondary N) is 1. The van der Waals surface area contributed by atoms with E-state index in [-0.39, 0.29) is 21.4 Å². The van der Waals surface area contributed by atoms with Gasteiger partial charge in [-0.1, -0.05) is 0 Å². The molecule has 3 N–H and O–H groups in total. The predicted molar refractivity (Wildman–Crippen MR) is 72.8 cm³/mol. The lowest BCUT2D eigenvalue weighted by Crippen LogP contribution is -2.15. The summed E-state index contributed by atoms with van der Waals surface area (Å²) in [5.74, 6) is -3.45. The highest BCUT2D eigenvalue weighted by molar-refractivity contribution is 9.10. The van der Waals surface area contributed by atoms with Gasteiger partial charge in [-0.2, -0.15) is 0 Å². The Labute approximate surface area is 120 Å². The summed E-state index contributed by atoms with van der Waals surface area (Å²) in [4.78, 5) is 11.9. The summed E-state index contributed by atoms with van der Waals surface area (Å²) < 4.78 is 40.0. The van der Waals surface area contributed by atoms with Gasteiger partial charge in [0.2, 0.25) is 0 Å². The van der Waals surface area contributed by atoms with Crippen molar-refractivity contribution >= 4 is 33.2 Å². The monoisotopic (exact) mass is 344 g/mol. The molecule has 0 unspecified atom stereocenters. The van der Waals surface area contributed by atoms with Crippen molar-refractivity contribution in [2.45, 2.75) is 0 Å². The molecular formula is C13H8BrF3N2O. The number of halogens is 4. The molecule has 0 atom stereocenters. The number of anilines is 2. The van der Waals surface area contributed by atoms with Crippen LogP contribution in [0.2, 0.25) is 0 Å². The van der Waals surface area contributed by atoms with E-state index in [9.17, 15) is 18.0 Å². The van der Waals surface area contributed by atoms with Gasteiger partial charge >= 0.3 is 0 Å². The Hall–Kier alpha value is -2.02. The molecule has 0 bridgehead atoms. The Morgan fingerprint density at radius 3 is 2.45 bits per heavy atom. The quantitative estimate of drug-likeness (QED) is 0.644. The van der Waals surface area contributed by atoms with Crippen LogP contribution in [0.3, 0.4) is 0 Å². The first-order valence-corrected chi connectivity index (χ1v) is 6.18. The van der Waals surface area contributed by atoms with E-state index in [0.29, 0.717) is 6.07 Å². The summed E-state index contributed by atoms with van der Waals surface area (Å²) in [5.41, 5.74) is 5.04. The Morgan fingerprint density at radius 2 is 1.75 bits per heavy atom. The summed E-state index contributed by atoms with van der Waals surface area (Å²) in [6.45, 7) is 0. The second kappa shape index (κ2) is 5.54. The fourth-order valence-electron chi connectivity index (χ4n) is 1.52. The number of carbonyl (C=O) groups is 1. The lowest BCUT2D eigenvalue weighted by atomic mass is 10.1. The number of nitrogens with two attached hydrogens (primary N) is 1. The van der Waals surface area contributed by atoms with Crippen molar-refractivity contribution in [1.82, 2.24) is 0 Å². The molecule has 7 heteroatoms. The van der Waals surface area contributed by atoms with E-state index in [1.165, 1.54) is 6.07 Å². The molecule has 0 spiro atoms. The SMILES string of the molecule is Nc1ccc(F)c(C(=O)Nc2cc(Br)c(F)cc2F)c1. The van der Waals surface area contributed by atoms with E-state index in [0.717, 1.165) is 18.2 Å². The Kier molecular flexibility index (Phi) is 3.99. The highest BCUT2D eigenvalue weighted by Crippen LogP contribution is 2.24. The molecule has 104 valence electrons. The zero-order chi connectivity index (χ0) is 14.9. The molecule has 0 aliphatic carbocycles. The van der Waals surface area contributed by atoms with Crippen molar-refractivity contribution in [3.05, 3.63) is 57.8 Å². The normalized spacial score (nSPS) is 10.4. The van der Waals surface area contributed by atoms with Gasteiger partial charge < -0.3 is 11.1 Å². The van der Waals surface area contributed by atoms with E-state index >= 15 is 0 Å². The van der Waals surface area contributed by atoms with Crippen LogP contribution in [-0.4, -0.2) is 5.91 Å². The van der Waals surface area contributed by atoms with E-state index in [1.54, 1.807) is 0 Å². The minimum absolute atomic E-state index is 0.0257. The maximum atomic E-state index is 13.5. The van der Waals surface area contributed by atoms with Crippen LogP contribution in [-0.2, 0) is 0 Å². The zero-order valence-electron chi connectivity index (χ0n) is 9.88. The van der Waals surface area contributed by atoms with E-state index < -0.39 is 23.4 Å². The predicted octanol–water partition coefficient (Wildman–Crippen LogP) is 3.70. The highest BCUT2D eigenvalue weighted by atomic mass is 79.9. The standard InChI is InChI=1S/C13H8BrF3N2O/c14-8-4-12(11(17)5-10(8)16)19-13(20)7-3-6(18)1-2-9(7)15/h1-5H,18H2,(H,19,20). The molecule has 3 nitrogen and oxygen atoms in total. The van der Waals surface area contributed by atoms with Crippen molar-refractivity contribution in [2.75, 3.05) is 11.1 Å². The molecule has 0 fully saturated rings. The first-order valence-electron chi connectivity index (χ1n) is 5.39. The van der Waals surface area contributed by atoms with Crippen molar-refractivity contribution in [1.29, 1.82) is 0 Å². The third-order valence-electron chi connectivity index (χ3n) is 2.49. The van der Waals surface area contributed by atoms with E-state index in [1.807, 2.05) is 0 Å². The average molecular weight is 345 g/mol. The maximum absolute atomic E-state index is 13.5. The minimum atomic E-state index is -0.969. The molecule has 0 saturated carbocycles. The highest BCUT2D eigenvalue weighted by Gasteiger charge is 2.15. The zero-order valence-corrected chi connectivity index (χ0v) is 11.5. The van der Waals surface area contributed by atoms with Gasteiger partial charge in [0.1, 0.15) is 17.5 Å². The summed E-state index contributed by atoms with van der Waals surface area (Å²) in [7, 11) is 0. The number of hydrogen-bond donors (Lipinski definition) is 2. The van der Waals surface area contributed by atoms with Gasteiger partial charge in [-0.3, -0.25) is 4.79 Å². The van der Waals surface area contributed by atoms with Crippen LogP contribution < -0.4 is 11.1 Å². The summed E-state index contributed by atoms with van der Waals surface area (Å²) in [6.07, 6.45) is 0. The summed E-state index contributed by atoms with van der Waals surface area (Å²) >= 11 is 2.87. The molecule has 2 rings (SSSR count). The number of nitrogen functional groups attached to an aromatic ring is 1. The lowest BCUT2D eigenvalue weighted by Gasteiger charge is -2.08. The molecular weight excluding hydrogens is 337 g/mol. The van der Waals surface area contributed by atoms with E-state index in [2.05, 4.69) is 21.2 Å². The Bertz CT molecular complexity index is 692. The van der Waals surface area contributed by atoms with Crippen molar-refractivity contribution in [2.24, 2.45) is 0 Å². The molecule has 0 aromatic heterocycles. The number of rotatable bonds is 2. The third kappa shape index (κ3) is 2.93. The van der Waals surface area contributed by atoms with Gasteiger partial charge in [-0.25, -0.2) is 13.2 Å². The molecule has 0 aliphatic rings. The van der Waals surface area contributed by atoms with Crippen LogP contribution >= 0.6 is 15.9 Å². The van der Waals surface area contributed by atoms with Crippen LogP contribution in [0.15, 0.2) is 34.8 Å². The molecule has 2 aromatic carbocycles. The van der Waals surface area contributed by atoms with Crippen LogP contribution in [0, 0.1) is 17.5 Å². The van der Waals surface area contributed by atoms with Crippen LogP contribution in [0.1, 0.15) is 10.4 Å². The van der Waals surface area contributed by atoms with E-state index in [4.69, 9.17) is 5.73 Å².